The van der Waals surface area contributed by atoms with Crippen LogP contribution in [0.5, 0.6) is 0 Å². The third kappa shape index (κ3) is 1.84. The van der Waals surface area contributed by atoms with Crippen LogP contribution in [0.4, 0.5) is 0 Å². The summed E-state index contributed by atoms with van der Waals surface area (Å²) >= 11 is 0. The first-order valence-corrected chi connectivity index (χ1v) is 11.9. The van der Waals surface area contributed by atoms with E-state index in [0.717, 1.165) is 18.3 Å². The van der Waals surface area contributed by atoms with Crippen LogP contribution in [-0.4, -0.2) is 18.9 Å². The van der Waals surface area contributed by atoms with Crippen molar-refractivity contribution in [2.24, 2.45) is 38.9 Å². The zero-order valence-corrected chi connectivity index (χ0v) is 19.3. The van der Waals surface area contributed by atoms with E-state index in [1.807, 2.05) is 6.92 Å². The average molecular weight is 384 g/mol. The highest BCUT2D eigenvalue weighted by Gasteiger charge is 2.81. The normalized spacial score (nSPS) is 53.8. The lowest BCUT2D eigenvalue weighted by Crippen LogP contribution is -2.59. The molecule has 0 saturated heterocycles. The van der Waals surface area contributed by atoms with Gasteiger partial charge in [0.25, 0.3) is 0 Å². The number of hydrogen-bond donors (Lipinski definition) is 1. The van der Waals surface area contributed by atoms with Gasteiger partial charge in [-0.1, -0.05) is 33.3 Å². The smallest absolute Gasteiger partial charge is 0.156 e. The van der Waals surface area contributed by atoms with E-state index in [1.54, 1.807) is 0 Å². The molecule has 4 saturated carbocycles. The van der Waals surface area contributed by atoms with Gasteiger partial charge in [0.05, 0.1) is 0 Å². The quantitative estimate of drug-likeness (QED) is 0.642. The highest BCUT2D eigenvalue weighted by molar-refractivity contribution is 5.96. The molecule has 0 bridgehead atoms. The molecule has 0 aromatic carbocycles. The van der Waals surface area contributed by atoms with Crippen LogP contribution in [0, 0.1) is 38.9 Å². The minimum absolute atomic E-state index is 0.104. The average Bonchev–Trinajstić information content (AvgIpc) is 3.19. The first kappa shape index (κ1) is 19.3. The Morgan fingerprint density at radius 3 is 2.25 bits per heavy atom. The van der Waals surface area contributed by atoms with Crippen LogP contribution in [0.3, 0.4) is 0 Å². The van der Waals surface area contributed by atoms with Crippen molar-refractivity contribution in [2.75, 3.05) is 7.05 Å². The molecule has 4 fully saturated rings. The Morgan fingerprint density at radius 2 is 1.61 bits per heavy atom. The molecule has 5 aliphatic carbocycles. The van der Waals surface area contributed by atoms with Gasteiger partial charge >= 0.3 is 0 Å². The second kappa shape index (κ2) is 5.34. The molecular formula is C26H41NO. The van der Waals surface area contributed by atoms with Crippen molar-refractivity contribution in [3.63, 3.8) is 0 Å². The molecule has 2 nitrogen and oxygen atoms in total. The summed E-state index contributed by atoms with van der Waals surface area (Å²) in [5, 5.41) is 3.66. The number of fused-ring (bicyclic) bond motifs is 2. The van der Waals surface area contributed by atoms with Gasteiger partial charge < -0.3 is 5.32 Å². The van der Waals surface area contributed by atoms with Crippen molar-refractivity contribution >= 4 is 5.78 Å². The van der Waals surface area contributed by atoms with Crippen molar-refractivity contribution in [2.45, 2.75) is 99.0 Å². The lowest BCUT2D eigenvalue weighted by molar-refractivity contribution is -0.133. The Hall–Kier alpha value is -0.630. The lowest BCUT2D eigenvalue weighted by Gasteiger charge is -2.63. The molecule has 0 amide bonds. The lowest BCUT2D eigenvalue weighted by atomic mass is 9.42. The summed E-state index contributed by atoms with van der Waals surface area (Å²) in [6.07, 6.45) is 10.8. The molecule has 5 rings (SSSR count). The van der Waals surface area contributed by atoms with Gasteiger partial charge in [0.15, 0.2) is 5.78 Å². The van der Waals surface area contributed by atoms with Gasteiger partial charge in [-0.05, 0) is 106 Å². The Balaban J connectivity index is 1.55. The molecule has 0 heterocycles. The van der Waals surface area contributed by atoms with E-state index in [4.69, 9.17) is 0 Å². The Morgan fingerprint density at radius 1 is 0.964 bits per heavy atom. The largest absolute Gasteiger partial charge is 0.316 e. The topological polar surface area (TPSA) is 29.1 Å². The fraction of sp³-hybridized carbons (Fsp3) is 0.885. The molecule has 0 unspecified atom stereocenters. The summed E-state index contributed by atoms with van der Waals surface area (Å²) in [6.45, 7) is 14.2. The minimum Gasteiger partial charge on any atom is -0.316 e. The molecule has 0 radical (unpaired) electrons. The monoisotopic (exact) mass is 383 g/mol. The number of hydrogen-bond acceptors (Lipinski definition) is 2. The summed E-state index contributed by atoms with van der Waals surface area (Å²) in [6, 6.07) is 0.668. The Kier molecular flexibility index (Phi) is 3.69. The fourth-order valence-electron chi connectivity index (χ4n) is 10.6. The van der Waals surface area contributed by atoms with Crippen LogP contribution in [0.25, 0.3) is 0 Å². The molecular weight excluding hydrogens is 342 g/mol. The van der Waals surface area contributed by atoms with Gasteiger partial charge in [-0.25, -0.2) is 0 Å². The van der Waals surface area contributed by atoms with E-state index < -0.39 is 0 Å². The van der Waals surface area contributed by atoms with Crippen molar-refractivity contribution in [3.8, 4) is 0 Å². The van der Waals surface area contributed by atoms with Crippen LogP contribution in [0.2, 0.25) is 0 Å². The number of nitrogens with one attached hydrogen (secondary N) is 1. The van der Waals surface area contributed by atoms with E-state index in [9.17, 15) is 4.79 Å². The number of Topliss-reactive ketones (excluding diaryl/α,β-unsaturated/α-hetero) is 1. The number of ketones is 1. The molecule has 0 aliphatic heterocycles. The molecule has 28 heavy (non-hydrogen) atoms. The van der Waals surface area contributed by atoms with Crippen molar-refractivity contribution in [1.82, 2.24) is 5.32 Å². The molecule has 1 N–H and O–H groups in total. The van der Waals surface area contributed by atoms with E-state index in [-0.39, 0.29) is 10.8 Å². The highest BCUT2D eigenvalue weighted by atomic mass is 16.1. The van der Waals surface area contributed by atoms with Crippen molar-refractivity contribution in [1.29, 1.82) is 0 Å². The number of carbonyl (C=O) groups excluding carboxylic acids is 1. The molecule has 2 heteroatoms. The summed E-state index contributed by atoms with van der Waals surface area (Å²) in [5.74, 6) is 2.02. The fourth-order valence-corrected chi connectivity index (χ4v) is 10.6. The summed E-state index contributed by atoms with van der Waals surface area (Å²) in [7, 11) is 2.17. The van der Waals surface area contributed by atoms with Gasteiger partial charge in [-0.15, -0.1) is 0 Å². The molecule has 0 aromatic heterocycles. The van der Waals surface area contributed by atoms with E-state index >= 15 is 0 Å². The first-order chi connectivity index (χ1) is 13.0. The molecule has 5 aliphatic rings. The zero-order chi connectivity index (χ0) is 20.3. The predicted molar refractivity (Wildman–Crippen MR) is 115 cm³/mol. The summed E-state index contributed by atoms with van der Waals surface area (Å²) in [4.78, 5) is 12.6. The maximum absolute atomic E-state index is 12.6. The van der Waals surface area contributed by atoms with Crippen LogP contribution < -0.4 is 5.32 Å². The van der Waals surface area contributed by atoms with E-state index in [2.05, 4.69) is 47.0 Å². The first-order valence-electron chi connectivity index (χ1n) is 11.9. The summed E-state index contributed by atoms with van der Waals surface area (Å²) < 4.78 is 0. The van der Waals surface area contributed by atoms with E-state index in [0.29, 0.717) is 28.1 Å². The molecule has 2 spiro atoms. The van der Waals surface area contributed by atoms with E-state index in [1.165, 1.54) is 56.1 Å². The van der Waals surface area contributed by atoms with Crippen molar-refractivity contribution < 1.29 is 4.79 Å². The van der Waals surface area contributed by atoms with Crippen molar-refractivity contribution in [3.05, 3.63) is 11.1 Å². The number of carbonyl (C=O) groups is 1. The Labute approximate surface area is 172 Å². The third-order valence-electron chi connectivity index (χ3n) is 11.7. The van der Waals surface area contributed by atoms with Gasteiger partial charge in [-0.2, -0.15) is 0 Å². The highest BCUT2D eigenvalue weighted by Crippen LogP contribution is 2.88. The predicted octanol–water partition coefficient (Wildman–Crippen LogP) is 5.91. The summed E-state index contributed by atoms with van der Waals surface area (Å²) in [5.41, 5.74) is 4.59. The Bertz CT molecular complexity index is 779. The number of allylic oxidation sites excluding steroid dienone is 2. The van der Waals surface area contributed by atoms with Gasteiger partial charge in [0.1, 0.15) is 0 Å². The zero-order valence-electron chi connectivity index (χ0n) is 19.3. The van der Waals surface area contributed by atoms with Gasteiger partial charge in [-0.3, -0.25) is 4.79 Å². The standard InChI is InChI=1S/C26H41NO/c1-16-14-24(6)19-9-8-18-22(3,4)20(27-7)10-11-25(18)15-26(19,25)13-12-23(24,5)21(16)17(2)28/h18-20,27H,8-15H2,1-7H3/t18-,19-,20-,23+,24-,25+,26-/m0/s1. The molecule has 7 atom stereocenters. The van der Waals surface area contributed by atoms with Crippen LogP contribution >= 0.6 is 0 Å². The van der Waals surface area contributed by atoms with Gasteiger partial charge in [0, 0.05) is 17.0 Å². The van der Waals surface area contributed by atoms with Crippen LogP contribution in [-0.2, 0) is 4.79 Å². The van der Waals surface area contributed by atoms with Crippen LogP contribution in [0.15, 0.2) is 11.1 Å². The second-order valence-corrected chi connectivity index (χ2v) is 12.5. The number of rotatable bonds is 2. The molecule has 0 aromatic rings. The maximum Gasteiger partial charge on any atom is 0.156 e. The minimum atomic E-state index is 0.104. The molecule has 156 valence electrons. The maximum atomic E-state index is 12.6. The van der Waals surface area contributed by atoms with Gasteiger partial charge in [0.2, 0.25) is 0 Å². The SMILES string of the molecule is CN[C@H]1CC[C@]23C[C@]24CC[C@]2(C)C(C(C)=O)=C(C)C[C@@]2(C)[C@@H]4CC[C@H]3C1(C)C. The third-order valence-corrected chi connectivity index (χ3v) is 11.7. The van der Waals surface area contributed by atoms with Crippen LogP contribution in [0.1, 0.15) is 92.9 Å². The second-order valence-electron chi connectivity index (χ2n) is 12.5.